The third-order valence-electron chi connectivity index (χ3n) is 9.31. The van der Waals surface area contributed by atoms with Crippen LogP contribution in [0.2, 0.25) is 0 Å². The predicted octanol–water partition coefficient (Wildman–Crippen LogP) is 11.0. The van der Waals surface area contributed by atoms with E-state index in [4.69, 9.17) is 9.41 Å². The van der Waals surface area contributed by atoms with Crippen molar-refractivity contribution in [2.45, 2.75) is 6.67 Å². The van der Waals surface area contributed by atoms with E-state index in [-0.39, 0.29) is 0 Å². The summed E-state index contributed by atoms with van der Waals surface area (Å²) in [6, 6.07) is 49.2. The molecule has 5 heteroatoms. The molecule has 0 saturated carbocycles. The average Bonchev–Trinajstić information content (AvgIpc) is 3.88. The standard InChI is InChI=1S/C43H30N4O/c1-44-39-27-48-26-38(39)42(31-14-9-13-30(25-31)34-19-10-12-29-11-5-6-17-33(29)34)45-28-47-40-20-8-7-18-35(40)36-21-22-41-37(43(36)47)23-24-46(41)32-15-3-2-4-16-32/h2-27H,1,28H2/b45-42-. The quantitative estimate of drug-likeness (QED) is 0.164. The number of fused-ring (bicyclic) bond motifs is 6. The molecular formula is C43H30N4O. The Morgan fingerprint density at radius 3 is 2.33 bits per heavy atom. The molecule has 0 aliphatic rings. The molecule has 9 rings (SSSR count). The van der Waals surface area contributed by atoms with Crippen molar-refractivity contribution >= 4 is 61.6 Å². The summed E-state index contributed by atoms with van der Waals surface area (Å²) in [4.78, 5) is 9.66. The van der Waals surface area contributed by atoms with Gasteiger partial charge in [0.2, 0.25) is 0 Å². The molecule has 0 spiro atoms. The summed E-state index contributed by atoms with van der Waals surface area (Å²) < 4.78 is 10.2. The first-order valence-electron chi connectivity index (χ1n) is 16.0. The zero-order valence-corrected chi connectivity index (χ0v) is 26.1. The van der Waals surface area contributed by atoms with E-state index in [0.29, 0.717) is 12.4 Å². The number of benzene rings is 6. The summed E-state index contributed by atoms with van der Waals surface area (Å²) in [5, 5.41) is 6.01. The van der Waals surface area contributed by atoms with Gasteiger partial charge in [-0.05, 0) is 65.0 Å². The molecule has 0 aliphatic carbocycles. The van der Waals surface area contributed by atoms with Crippen LogP contribution >= 0.6 is 0 Å². The third-order valence-corrected chi connectivity index (χ3v) is 9.31. The fourth-order valence-electron chi connectivity index (χ4n) is 7.10. The highest BCUT2D eigenvalue weighted by atomic mass is 16.3. The van der Waals surface area contributed by atoms with Gasteiger partial charge in [0, 0.05) is 33.6 Å². The number of hydrogen-bond acceptors (Lipinski definition) is 3. The van der Waals surface area contributed by atoms with E-state index in [1.165, 1.54) is 32.5 Å². The molecule has 228 valence electrons. The van der Waals surface area contributed by atoms with Gasteiger partial charge in [-0.3, -0.25) is 9.98 Å². The van der Waals surface area contributed by atoms with Crippen LogP contribution in [0.15, 0.2) is 173 Å². The first-order chi connectivity index (χ1) is 23.8. The lowest BCUT2D eigenvalue weighted by atomic mass is 9.95. The SMILES string of the molecule is C=Nc1cocc1/C(=N\Cn1c2ccccc2c2ccc3c(ccn3-c3ccccc3)c21)c1cccc(-c2cccc3ccccc23)c1. The molecule has 5 nitrogen and oxygen atoms in total. The second-order valence-corrected chi connectivity index (χ2v) is 11.9. The van der Waals surface area contributed by atoms with Crippen molar-refractivity contribution in [2.24, 2.45) is 9.98 Å². The van der Waals surface area contributed by atoms with Gasteiger partial charge in [0.15, 0.2) is 0 Å². The molecular weight excluding hydrogens is 589 g/mol. The number of hydrogen-bond donors (Lipinski definition) is 0. The van der Waals surface area contributed by atoms with Crippen LogP contribution in [0.1, 0.15) is 11.1 Å². The van der Waals surface area contributed by atoms with Crippen molar-refractivity contribution in [2.75, 3.05) is 0 Å². The number of rotatable bonds is 7. The molecule has 0 radical (unpaired) electrons. The fraction of sp³-hybridized carbons (Fsp3) is 0.0233. The summed E-state index contributed by atoms with van der Waals surface area (Å²) in [7, 11) is 0. The number of furan rings is 1. The Hall–Kier alpha value is -6.46. The molecule has 0 bridgehead atoms. The summed E-state index contributed by atoms with van der Waals surface area (Å²) in [5.41, 5.74) is 10.1. The summed E-state index contributed by atoms with van der Waals surface area (Å²) in [5.74, 6) is 0. The molecule has 0 unspecified atom stereocenters. The largest absolute Gasteiger partial charge is 0.470 e. The van der Waals surface area contributed by atoms with Gasteiger partial charge in [-0.15, -0.1) is 0 Å². The summed E-state index contributed by atoms with van der Waals surface area (Å²) in [6.45, 7) is 4.22. The first-order valence-corrected chi connectivity index (χ1v) is 16.0. The topological polar surface area (TPSA) is 47.7 Å². The minimum absolute atomic E-state index is 0.398. The van der Waals surface area contributed by atoms with E-state index in [0.717, 1.165) is 44.6 Å². The van der Waals surface area contributed by atoms with E-state index in [1.54, 1.807) is 12.5 Å². The van der Waals surface area contributed by atoms with E-state index in [1.807, 2.05) is 6.07 Å². The number of aromatic nitrogens is 2. The highest BCUT2D eigenvalue weighted by molar-refractivity contribution is 6.18. The van der Waals surface area contributed by atoms with Gasteiger partial charge in [-0.1, -0.05) is 103 Å². The second-order valence-electron chi connectivity index (χ2n) is 11.9. The maximum atomic E-state index is 5.67. The van der Waals surface area contributed by atoms with Crippen molar-refractivity contribution < 1.29 is 4.42 Å². The Morgan fingerprint density at radius 1 is 0.646 bits per heavy atom. The lowest BCUT2D eigenvalue weighted by molar-refractivity contribution is 0.567. The molecule has 0 saturated heterocycles. The summed E-state index contributed by atoms with van der Waals surface area (Å²) >= 11 is 0. The van der Waals surface area contributed by atoms with Crippen LogP contribution in [-0.2, 0) is 6.67 Å². The van der Waals surface area contributed by atoms with Crippen LogP contribution in [0.3, 0.4) is 0 Å². The van der Waals surface area contributed by atoms with Gasteiger partial charge in [-0.2, -0.15) is 0 Å². The lowest BCUT2D eigenvalue weighted by Crippen LogP contribution is -2.06. The van der Waals surface area contributed by atoms with Crippen molar-refractivity contribution in [3.05, 3.63) is 169 Å². The van der Waals surface area contributed by atoms with Gasteiger partial charge in [0.1, 0.15) is 24.9 Å². The molecule has 0 N–H and O–H groups in total. The maximum absolute atomic E-state index is 5.67. The van der Waals surface area contributed by atoms with E-state index >= 15 is 0 Å². The van der Waals surface area contributed by atoms with E-state index in [9.17, 15) is 0 Å². The number of para-hydroxylation sites is 2. The van der Waals surface area contributed by atoms with E-state index < -0.39 is 0 Å². The fourth-order valence-corrected chi connectivity index (χ4v) is 7.10. The smallest absolute Gasteiger partial charge is 0.117 e. The van der Waals surface area contributed by atoms with Gasteiger partial charge in [-0.25, -0.2) is 0 Å². The number of aliphatic imine (C=N–C) groups is 2. The minimum Gasteiger partial charge on any atom is -0.470 e. The number of nitrogens with zero attached hydrogens (tertiary/aromatic N) is 4. The molecule has 0 fully saturated rings. The monoisotopic (exact) mass is 618 g/mol. The van der Waals surface area contributed by atoms with E-state index in [2.05, 4.69) is 161 Å². The van der Waals surface area contributed by atoms with Gasteiger partial charge in [0.25, 0.3) is 0 Å². The molecule has 48 heavy (non-hydrogen) atoms. The Bertz CT molecular complexity index is 2670. The van der Waals surface area contributed by atoms with Gasteiger partial charge < -0.3 is 13.6 Å². The summed E-state index contributed by atoms with van der Waals surface area (Å²) in [6.07, 6.45) is 5.50. The van der Waals surface area contributed by atoms with Crippen molar-refractivity contribution in [3.63, 3.8) is 0 Å². The zero-order chi connectivity index (χ0) is 32.0. The van der Waals surface area contributed by atoms with Crippen molar-refractivity contribution in [1.82, 2.24) is 9.13 Å². The van der Waals surface area contributed by atoms with Crippen molar-refractivity contribution in [1.29, 1.82) is 0 Å². The van der Waals surface area contributed by atoms with Crippen LogP contribution in [0.4, 0.5) is 5.69 Å². The minimum atomic E-state index is 0.398. The third kappa shape index (κ3) is 4.48. The molecule has 0 aliphatic heterocycles. The normalized spacial score (nSPS) is 12.0. The molecule has 0 amide bonds. The Labute approximate surface area is 277 Å². The Morgan fingerprint density at radius 2 is 1.44 bits per heavy atom. The Balaban J connectivity index is 1.24. The average molecular weight is 619 g/mol. The van der Waals surface area contributed by atoms with Gasteiger partial charge >= 0.3 is 0 Å². The Kier molecular flexibility index (Phi) is 6.61. The highest BCUT2D eigenvalue weighted by Gasteiger charge is 2.18. The molecule has 0 atom stereocenters. The molecule has 3 aromatic heterocycles. The molecule has 9 aromatic rings. The lowest BCUT2D eigenvalue weighted by Gasteiger charge is -2.12. The highest BCUT2D eigenvalue weighted by Crippen LogP contribution is 2.36. The second kappa shape index (κ2) is 11.4. The van der Waals surface area contributed by atoms with Crippen LogP contribution in [0.5, 0.6) is 0 Å². The predicted molar refractivity (Wildman–Crippen MR) is 199 cm³/mol. The van der Waals surface area contributed by atoms with Crippen LogP contribution in [0.25, 0.3) is 60.3 Å². The van der Waals surface area contributed by atoms with Crippen molar-refractivity contribution in [3.8, 4) is 16.8 Å². The van der Waals surface area contributed by atoms with Crippen LogP contribution in [-0.4, -0.2) is 21.6 Å². The van der Waals surface area contributed by atoms with Gasteiger partial charge in [0.05, 0.1) is 27.8 Å². The van der Waals surface area contributed by atoms with Crippen LogP contribution < -0.4 is 0 Å². The maximum Gasteiger partial charge on any atom is 0.117 e. The molecule has 3 heterocycles. The zero-order valence-electron chi connectivity index (χ0n) is 26.1. The van der Waals surface area contributed by atoms with Crippen LogP contribution in [0, 0.1) is 0 Å². The molecule has 6 aromatic carbocycles. The first kappa shape index (κ1) is 27.8.